The molecule has 1 aromatic rings. The molecular formula is C13H16ClNO4. The molecule has 0 aliphatic carbocycles. The molecule has 2 atom stereocenters. The molecule has 2 rings (SSSR count). The second-order valence-electron chi connectivity index (χ2n) is 4.69. The van der Waals surface area contributed by atoms with Crippen molar-refractivity contribution in [3.8, 4) is 11.5 Å². The average molecular weight is 286 g/mol. The molecule has 1 aromatic carbocycles. The molecule has 0 spiro atoms. The number of hydrogen-bond acceptors (Lipinski definition) is 4. The molecule has 6 heteroatoms. The second kappa shape index (κ2) is 5.27. The van der Waals surface area contributed by atoms with Crippen molar-refractivity contribution >= 4 is 17.6 Å². The van der Waals surface area contributed by atoms with Crippen molar-refractivity contribution in [2.75, 3.05) is 13.7 Å². The third kappa shape index (κ3) is 2.48. The van der Waals surface area contributed by atoms with Crippen molar-refractivity contribution in [3.05, 3.63) is 22.2 Å². The van der Waals surface area contributed by atoms with Gasteiger partial charge in [0.15, 0.2) is 0 Å². The minimum Gasteiger partial charge on any atom is -0.507 e. The van der Waals surface area contributed by atoms with Crippen LogP contribution in [0.2, 0.25) is 5.02 Å². The van der Waals surface area contributed by atoms with Gasteiger partial charge in [0.1, 0.15) is 11.5 Å². The lowest BCUT2D eigenvalue weighted by molar-refractivity contribution is -0.141. The molecule has 2 unspecified atom stereocenters. The van der Waals surface area contributed by atoms with Crippen LogP contribution in [-0.4, -0.2) is 29.8 Å². The number of hydrogen-bond donors (Lipinski definition) is 3. The summed E-state index contributed by atoms with van der Waals surface area (Å²) < 4.78 is 5.13. The Morgan fingerprint density at radius 1 is 1.58 bits per heavy atom. The van der Waals surface area contributed by atoms with Crippen LogP contribution in [0.25, 0.3) is 0 Å². The number of rotatable bonds is 3. The quantitative estimate of drug-likeness (QED) is 0.793. The van der Waals surface area contributed by atoms with E-state index in [1.54, 1.807) is 13.0 Å². The van der Waals surface area contributed by atoms with Crippen molar-refractivity contribution in [3.63, 3.8) is 0 Å². The maximum absolute atomic E-state index is 10.9. The zero-order valence-electron chi connectivity index (χ0n) is 10.7. The van der Waals surface area contributed by atoms with E-state index in [0.29, 0.717) is 34.9 Å². The summed E-state index contributed by atoms with van der Waals surface area (Å²) in [4.78, 5) is 10.9. The van der Waals surface area contributed by atoms with E-state index in [4.69, 9.17) is 21.4 Å². The molecule has 0 saturated carbocycles. The van der Waals surface area contributed by atoms with Crippen LogP contribution >= 0.6 is 11.6 Å². The number of carboxylic acids is 1. The predicted octanol–water partition coefficient (Wildman–Crippen LogP) is 2.10. The van der Waals surface area contributed by atoms with E-state index < -0.39 is 11.9 Å². The van der Waals surface area contributed by atoms with Gasteiger partial charge in [-0.05, 0) is 19.4 Å². The summed E-state index contributed by atoms with van der Waals surface area (Å²) in [5, 5.41) is 22.7. The van der Waals surface area contributed by atoms with Crippen molar-refractivity contribution < 1.29 is 19.7 Å². The molecule has 1 saturated heterocycles. The van der Waals surface area contributed by atoms with Crippen molar-refractivity contribution in [2.24, 2.45) is 5.92 Å². The fourth-order valence-corrected chi connectivity index (χ4v) is 2.79. The Hall–Kier alpha value is -1.46. The van der Waals surface area contributed by atoms with Crippen LogP contribution in [0.4, 0.5) is 0 Å². The number of ether oxygens (including phenoxy) is 1. The lowest BCUT2D eigenvalue weighted by Crippen LogP contribution is -2.17. The zero-order chi connectivity index (χ0) is 14.2. The van der Waals surface area contributed by atoms with Crippen molar-refractivity contribution in [2.45, 2.75) is 19.4 Å². The molecule has 1 aliphatic heterocycles. The molecule has 5 nitrogen and oxygen atoms in total. The second-order valence-corrected chi connectivity index (χ2v) is 5.09. The Balaban J connectivity index is 2.34. The molecule has 104 valence electrons. The van der Waals surface area contributed by atoms with E-state index in [9.17, 15) is 9.90 Å². The van der Waals surface area contributed by atoms with Gasteiger partial charge in [-0.25, -0.2) is 0 Å². The number of aromatic hydroxyl groups is 1. The normalized spacial score (nSPS) is 22.5. The Bertz CT molecular complexity index is 518. The lowest BCUT2D eigenvalue weighted by Gasteiger charge is -2.17. The highest BCUT2D eigenvalue weighted by atomic mass is 35.5. The van der Waals surface area contributed by atoms with Gasteiger partial charge >= 0.3 is 5.97 Å². The zero-order valence-corrected chi connectivity index (χ0v) is 11.5. The van der Waals surface area contributed by atoms with E-state index >= 15 is 0 Å². The molecule has 0 bridgehead atoms. The van der Waals surface area contributed by atoms with Crippen LogP contribution in [0.15, 0.2) is 6.07 Å². The Kier molecular flexibility index (Phi) is 3.87. The standard InChI is InChI=1S/C13H16ClNO4/c1-6-11(16)8(4-9(14)12(6)19-2)10-3-7(5-15-10)13(17)18/h4,7,10,15-16H,3,5H2,1-2H3,(H,17,18). The average Bonchev–Trinajstić information content (AvgIpc) is 2.84. The third-order valence-corrected chi connectivity index (χ3v) is 3.81. The number of aliphatic carboxylic acids is 1. The van der Waals surface area contributed by atoms with Gasteiger partial charge in [-0.3, -0.25) is 4.79 Å². The molecule has 0 radical (unpaired) electrons. The van der Waals surface area contributed by atoms with Crippen LogP contribution in [0.1, 0.15) is 23.6 Å². The van der Waals surface area contributed by atoms with Crippen LogP contribution in [-0.2, 0) is 4.79 Å². The summed E-state index contributed by atoms with van der Waals surface area (Å²) in [5.41, 5.74) is 1.18. The number of halogens is 1. The lowest BCUT2D eigenvalue weighted by atomic mass is 9.97. The van der Waals surface area contributed by atoms with Crippen molar-refractivity contribution in [1.29, 1.82) is 0 Å². The topological polar surface area (TPSA) is 78.8 Å². The summed E-state index contributed by atoms with van der Waals surface area (Å²) in [5.74, 6) is -0.725. The van der Waals surface area contributed by atoms with Gasteiger partial charge in [0.25, 0.3) is 0 Å². The summed E-state index contributed by atoms with van der Waals surface area (Å²) in [6.07, 6.45) is 0.436. The maximum Gasteiger partial charge on any atom is 0.307 e. The highest BCUT2D eigenvalue weighted by Gasteiger charge is 2.32. The van der Waals surface area contributed by atoms with E-state index in [-0.39, 0.29) is 11.8 Å². The van der Waals surface area contributed by atoms with Crippen LogP contribution in [0.5, 0.6) is 11.5 Å². The number of nitrogens with one attached hydrogen (secondary N) is 1. The number of carbonyl (C=O) groups is 1. The highest BCUT2D eigenvalue weighted by Crippen LogP contribution is 2.42. The molecule has 3 N–H and O–H groups in total. The monoisotopic (exact) mass is 285 g/mol. The van der Waals surface area contributed by atoms with Gasteiger partial charge in [0.2, 0.25) is 0 Å². The summed E-state index contributed by atoms with van der Waals surface area (Å²) in [7, 11) is 1.49. The predicted molar refractivity (Wildman–Crippen MR) is 70.9 cm³/mol. The molecule has 1 aliphatic rings. The molecule has 0 aromatic heterocycles. The largest absolute Gasteiger partial charge is 0.507 e. The van der Waals surface area contributed by atoms with Crippen molar-refractivity contribution in [1.82, 2.24) is 5.32 Å². The molecule has 1 fully saturated rings. The van der Waals surface area contributed by atoms with Gasteiger partial charge in [-0.1, -0.05) is 11.6 Å². The molecule has 0 amide bonds. The van der Waals surface area contributed by atoms with Crippen LogP contribution in [0.3, 0.4) is 0 Å². The first-order valence-electron chi connectivity index (χ1n) is 5.97. The summed E-state index contributed by atoms with van der Waals surface area (Å²) in [6.45, 7) is 2.11. The van der Waals surface area contributed by atoms with E-state index in [1.165, 1.54) is 7.11 Å². The van der Waals surface area contributed by atoms with E-state index in [1.807, 2.05) is 0 Å². The molecule has 19 heavy (non-hydrogen) atoms. The fourth-order valence-electron chi connectivity index (χ4n) is 2.45. The number of methoxy groups -OCH3 is 1. The summed E-state index contributed by atoms with van der Waals surface area (Å²) >= 11 is 6.10. The van der Waals surface area contributed by atoms with Crippen LogP contribution in [0, 0.1) is 12.8 Å². The van der Waals surface area contributed by atoms with Crippen LogP contribution < -0.4 is 10.1 Å². The number of carboxylic acid groups (broad SMARTS) is 1. The SMILES string of the molecule is COc1c(Cl)cc(C2CC(C(=O)O)CN2)c(O)c1C. The fraction of sp³-hybridized carbons (Fsp3) is 0.462. The first-order valence-corrected chi connectivity index (χ1v) is 6.35. The third-order valence-electron chi connectivity index (χ3n) is 3.53. The van der Waals surface area contributed by atoms with Gasteiger partial charge in [0, 0.05) is 23.7 Å². The Labute approximate surface area is 116 Å². The van der Waals surface area contributed by atoms with Gasteiger partial charge in [-0.2, -0.15) is 0 Å². The van der Waals surface area contributed by atoms with Gasteiger partial charge in [0.05, 0.1) is 18.1 Å². The smallest absolute Gasteiger partial charge is 0.307 e. The van der Waals surface area contributed by atoms with Gasteiger partial charge in [-0.15, -0.1) is 0 Å². The number of phenolic OH excluding ortho intramolecular Hbond substituents is 1. The molecular weight excluding hydrogens is 270 g/mol. The first-order chi connectivity index (χ1) is 8.95. The maximum atomic E-state index is 10.9. The van der Waals surface area contributed by atoms with E-state index in [2.05, 4.69) is 5.32 Å². The molecule has 1 heterocycles. The van der Waals surface area contributed by atoms with Gasteiger partial charge < -0.3 is 20.3 Å². The Morgan fingerprint density at radius 3 is 2.79 bits per heavy atom. The minimum absolute atomic E-state index is 0.102. The number of phenols is 1. The Morgan fingerprint density at radius 2 is 2.26 bits per heavy atom. The summed E-state index contributed by atoms with van der Waals surface area (Å²) in [6, 6.07) is 1.42. The number of benzene rings is 1. The highest BCUT2D eigenvalue weighted by molar-refractivity contribution is 6.32. The minimum atomic E-state index is -0.828. The van der Waals surface area contributed by atoms with E-state index in [0.717, 1.165) is 0 Å². The first kappa shape index (κ1) is 14.0.